The zero-order valence-electron chi connectivity index (χ0n) is 12.5. The van der Waals surface area contributed by atoms with E-state index in [2.05, 4.69) is 4.98 Å². The Bertz CT molecular complexity index is 974. The smallest absolute Gasteiger partial charge is 0.326 e. The third-order valence-electron chi connectivity index (χ3n) is 3.60. The summed E-state index contributed by atoms with van der Waals surface area (Å²) in [5.41, 5.74) is 6.70. The van der Waals surface area contributed by atoms with Gasteiger partial charge in [0, 0.05) is 10.9 Å². The lowest BCUT2D eigenvalue weighted by Crippen LogP contribution is -2.30. The van der Waals surface area contributed by atoms with Gasteiger partial charge in [-0.3, -0.25) is 0 Å². The molecule has 24 heavy (non-hydrogen) atoms. The van der Waals surface area contributed by atoms with Crippen molar-refractivity contribution in [2.24, 2.45) is 5.73 Å². The first-order valence-electron chi connectivity index (χ1n) is 7.32. The first-order valence-corrected chi connectivity index (χ1v) is 8.95. The van der Waals surface area contributed by atoms with Crippen molar-refractivity contribution in [1.82, 2.24) is 4.98 Å². The van der Waals surface area contributed by atoms with Crippen LogP contribution >= 0.6 is 22.7 Å². The summed E-state index contributed by atoms with van der Waals surface area (Å²) in [6.07, 6.45) is 1.78. The normalized spacial score (nSPS) is 10.8. The molecule has 0 aliphatic carbocycles. The van der Waals surface area contributed by atoms with Crippen LogP contribution in [0.1, 0.15) is 0 Å². The molecule has 0 fully saturated rings. The molecule has 0 atom stereocenters. The fourth-order valence-corrected chi connectivity index (χ4v) is 4.55. The number of thiazole rings is 1. The Kier molecular flexibility index (Phi) is 3.76. The monoisotopic (exact) mass is 351 g/mol. The zero-order valence-corrected chi connectivity index (χ0v) is 14.2. The van der Waals surface area contributed by atoms with Crippen LogP contribution in [0.2, 0.25) is 0 Å². The van der Waals surface area contributed by atoms with Crippen LogP contribution in [0, 0.1) is 0 Å². The summed E-state index contributed by atoms with van der Waals surface area (Å²) in [5, 5.41) is 2.44. The molecular formula is C18H13N3OS2. The number of rotatable bonds is 3. The molecule has 118 valence electrons. The number of primary amides is 1. The molecule has 0 aliphatic rings. The number of urea groups is 1. The second kappa shape index (κ2) is 6.07. The molecule has 4 nitrogen and oxygen atoms in total. The van der Waals surface area contributed by atoms with Gasteiger partial charge in [0.2, 0.25) is 0 Å². The van der Waals surface area contributed by atoms with Crippen LogP contribution in [-0.2, 0) is 0 Å². The predicted molar refractivity (Wildman–Crippen MR) is 101 cm³/mol. The van der Waals surface area contributed by atoms with E-state index in [9.17, 15) is 4.79 Å². The molecule has 2 aromatic carbocycles. The van der Waals surface area contributed by atoms with Gasteiger partial charge in [-0.25, -0.2) is 14.7 Å². The summed E-state index contributed by atoms with van der Waals surface area (Å²) in [6.45, 7) is 0. The fourth-order valence-electron chi connectivity index (χ4n) is 2.48. The van der Waals surface area contributed by atoms with Crippen molar-refractivity contribution in [2.45, 2.75) is 0 Å². The second-order valence-electron chi connectivity index (χ2n) is 5.17. The van der Waals surface area contributed by atoms with Crippen LogP contribution in [0.4, 0.5) is 14.9 Å². The molecule has 6 heteroatoms. The number of anilines is 2. The molecule has 4 rings (SSSR count). The van der Waals surface area contributed by atoms with Gasteiger partial charge in [0.1, 0.15) is 5.00 Å². The maximum absolute atomic E-state index is 12.0. The van der Waals surface area contributed by atoms with Gasteiger partial charge in [-0.1, -0.05) is 59.9 Å². The number of carbonyl (C=O) groups excluding carboxylic acids is 1. The number of nitrogens with zero attached hydrogens (tertiary/aromatic N) is 2. The van der Waals surface area contributed by atoms with Crippen LogP contribution in [0.15, 0.2) is 66.9 Å². The molecule has 0 saturated carbocycles. The lowest BCUT2D eigenvalue weighted by molar-refractivity contribution is 0.256. The molecule has 2 heterocycles. The summed E-state index contributed by atoms with van der Waals surface area (Å²) in [6, 6.07) is 19.4. The summed E-state index contributed by atoms with van der Waals surface area (Å²) < 4.78 is 1.11. The van der Waals surface area contributed by atoms with Gasteiger partial charge in [0.05, 0.1) is 4.88 Å². The van der Waals surface area contributed by atoms with Crippen molar-refractivity contribution in [3.63, 3.8) is 0 Å². The SMILES string of the molecule is NC(=O)N(c1cc2ccccc2s1)c1ncc(-c2ccccc2)s1. The van der Waals surface area contributed by atoms with Gasteiger partial charge >= 0.3 is 6.03 Å². The van der Waals surface area contributed by atoms with E-state index in [1.165, 1.54) is 27.6 Å². The van der Waals surface area contributed by atoms with Crippen molar-refractivity contribution in [1.29, 1.82) is 0 Å². The topological polar surface area (TPSA) is 59.2 Å². The first kappa shape index (κ1) is 14.9. The van der Waals surface area contributed by atoms with E-state index in [0.29, 0.717) is 5.13 Å². The highest BCUT2D eigenvalue weighted by Gasteiger charge is 2.21. The van der Waals surface area contributed by atoms with E-state index in [4.69, 9.17) is 5.73 Å². The van der Waals surface area contributed by atoms with Gasteiger partial charge in [-0.2, -0.15) is 0 Å². The van der Waals surface area contributed by atoms with E-state index in [-0.39, 0.29) is 0 Å². The van der Waals surface area contributed by atoms with Crippen LogP contribution < -0.4 is 10.6 Å². The molecule has 0 aliphatic heterocycles. The zero-order chi connectivity index (χ0) is 16.5. The van der Waals surface area contributed by atoms with E-state index >= 15 is 0 Å². The van der Waals surface area contributed by atoms with Gasteiger partial charge in [-0.05, 0) is 23.1 Å². The minimum atomic E-state index is -0.532. The van der Waals surface area contributed by atoms with Crippen molar-refractivity contribution in [3.8, 4) is 10.4 Å². The Morgan fingerprint density at radius 2 is 1.75 bits per heavy atom. The van der Waals surface area contributed by atoms with Crippen LogP contribution in [0.3, 0.4) is 0 Å². The second-order valence-corrected chi connectivity index (χ2v) is 7.24. The molecule has 4 aromatic rings. The average molecular weight is 351 g/mol. The number of benzene rings is 2. The molecule has 0 bridgehead atoms. The van der Waals surface area contributed by atoms with Crippen molar-refractivity contribution < 1.29 is 4.79 Å². The number of hydrogen-bond donors (Lipinski definition) is 1. The highest BCUT2D eigenvalue weighted by atomic mass is 32.1. The molecule has 2 amide bonds. The average Bonchev–Trinajstić information content (AvgIpc) is 3.22. The van der Waals surface area contributed by atoms with Gasteiger partial charge < -0.3 is 5.73 Å². The molecule has 0 unspecified atom stereocenters. The maximum Gasteiger partial charge on any atom is 0.326 e. The number of nitrogens with two attached hydrogens (primary N) is 1. The molecular weight excluding hydrogens is 338 g/mol. The Balaban J connectivity index is 1.76. The molecule has 0 saturated heterocycles. The van der Waals surface area contributed by atoms with E-state index < -0.39 is 6.03 Å². The molecule has 2 N–H and O–H groups in total. The molecule has 2 aromatic heterocycles. The quantitative estimate of drug-likeness (QED) is 0.548. The lowest BCUT2D eigenvalue weighted by Gasteiger charge is -2.14. The fraction of sp³-hybridized carbons (Fsp3) is 0. The summed E-state index contributed by atoms with van der Waals surface area (Å²) >= 11 is 2.97. The van der Waals surface area contributed by atoms with E-state index in [1.807, 2.05) is 60.7 Å². The number of amides is 2. The number of hydrogen-bond acceptors (Lipinski definition) is 4. The standard InChI is InChI=1S/C18H13N3OS2/c19-17(22)21(16-10-13-8-4-5-9-14(13)23-16)18-20-11-15(24-18)12-6-2-1-3-7-12/h1-11H,(H2,19,22). The number of thiophene rings is 1. The molecule has 0 spiro atoms. The minimum absolute atomic E-state index is 0.532. The number of carbonyl (C=O) groups is 1. The van der Waals surface area contributed by atoms with Crippen LogP contribution in [0.5, 0.6) is 0 Å². The van der Waals surface area contributed by atoms with Crippen LogP contribution in [0.25, 0.3) is 20.5 Å². The minimum Gasteiger partial charge on any atom is -0.351 e. The summed E-state index contributed by atoms with van der Waals surface area (Å²) in [7, 11) is 0. The Morgan fingerprint density at radius 1 is 1.00 bits per heavy atom. The third kappa shape index (κ3) is 2.66. The first-order chi connectivity index (χ1) is 11.7. The highest BCUT2D eigenvalue weighted by molar-refractivity contribution is 7.24. The van der Waals surface area contributed by atoms with Crippen LogP contribution in [-0.4, -0.2) is 11.0 Å². The van der Waals surface area contributed by atoms with Crippen molar-refractivity contribution in [2.75, 3.05) is 4.90 Å². The molecule has 0 radical (unpaired) electrons. The van der Waals surface area contributed by atoms with E-state index in [0.717, 1.165) is 25.5 Å². The van der Waals surface area contributed by atoms with Crippen molar-refractivity contribution in [3.05, 3.63) is 66.9 Å². The van der Waals surface area contributed by atoms with Gasteiger partial charge in [0.15, 0.2) is 5.13 Å². The largest absolute Gasteiger partial charge is 0.351 e. The van der Waals surface area contributed by atoms with Gasteiger partial charge in [0.25, 0.3) is 0 Å². The van der Waals surface area contributed by atoms with E-state index in [1.54, 1.807) is 6.20 Å². The Labute approximate surface area is 146 Å². The predicted octanol–water partition coefficient (Wildman–Crippen LogP) is 5.24. The maximum atomic E-state index is 12.0. The summed E-state index contributed by atoms with van der Waals surface area (Å²) in [5.74, 6) is 0. The Morgan fingerprint density at radius 3 is 2.50 bits per heavy atom. The number of fused-ring (bicyclic) bond motifs is 1. The number of aromatic nitrogens is 1. The lowest BCUT2D eigenvalue weighted by atomic mass is 10.2. The van der Waals surface area contributed by atoms with Gasteiger partial charge in [-0.15, -0.1) is 11.3 Å². The highest BCUT2D eigenvalue weighted by Crippen LogP contribution is 2.39. The van der Waals surface area contributed by atoms with Crippen molar-refractivity contribution >= 4 is 48.9 Å². The third-order valence-corrected chi connectivity index (χ3v) is 5.73. The summed E-state index contributed by atoms with van der Waals surface area (Å²) in [4.78, 5) is 18.9. The Hall–Kier alpha value is -2.70.